The highest BCUT2D eigenvalue weighted by atomic mass is 35.5. The van der Waals surface area contributed by atoms with Crippen LogP contribution in [0.2, 0.25) is 5.02 Å². The normalized spacial score (nSPS) is 21.2. The molecule has 1 aliphatic heterocycles. The van der Waals surface area contributed by atoms with Crippen LogP contribution in [0, 0.1) is 5.92 Å². The number of esters is 2. The van der Waals surface area contributed by atoms with Crippen molar-refractivity contribution >= 4 is 29.3 Å². The summed E-state index contributed by atoms with van der Waals surface area (Å²) in [5.74, 6) is -3.30. The smallest absolute Gasteiger partial charge is 0.336 e. The third-order valence-electron chi connectivity index (χ3n) is 6.79. The Labute approximate surface area is 221 Å². The highest BCUT2D eigenvalue weighted by Gasteiger charge is 2.49. The number of halogens is 1. The van der Waals surface area contributed by atoms with E-state index in [2.05, 4.69) is 5.32 Å². The van der Waals surface area contributed by atoms with E-state index in [0.717, 1.165) is 5.56 Å². The maximum absolute atomic E-state index is 14.3. The molecule has 0 fully saturated rings. The summed E-state index contributed by atoms with van der Waals surface area (Å²) in [5.41, 5.74) is 3.23. The number of carbonyl (C=O) groups excluding carboxylic acids is 3. The first-order valence-corrected chi connectivity index (χ1v) is 12.7. The molecule has 3 atom stereocenters. The number of allylic oxidation sites excluding steroid dienone is 3. The number of nitrogens with one attached hydrogen (secondary N) is 1. The number of rotatable bonds is 7. The topological polar surface area (TPSA) is 90.9 Å². The van der Waals surface area contributed by atoms with E-state index >= 15 is 0 Å². The maximum Gasteiger partial charge on any atom is 0.336 e. The van der Waals surface area contributed by atoms with Gasteiger partial charge in [0.05, 0.1) is 25.9 Å². The van der Waals surface area contributed by atoms with E-state index in [1.165, 1.54) is 0 Å². The van der Waals surface area contributed by atoms with Crippen LogP contribution in [0.25, 0.3) is 0 Å². The Hall–Kier alpha value is -3.58. The van der Waals surface area contributed by atoms with Gasteiger partial charge in [0, 0.05) is 33.8 Å². The van der Waals surface area contributed by atoms with Gasteiger partial charge in [-0.2, -0.15) is 0 Å². The Balaban J connectivity index is 1.91. The molecule has 4 rings (SSSR count). The van der Waals surface area contributed by atoms with E-state index < -0.39 is 35.5 Å². The van der Waals surface area contributed by atoms with E-state index in [9.17, 15) is 14.4 Å². The van der Waals surface area contributed by atoms with Crippen LogP contribution in [0.5, 0.6) is 5.75 Å². The quantitative estimate of drug-likeness (QED) is 0.400. The fourth-order valence-electron chi connectivity index (χ4n) is 5.22. The fraction of sp³-hybridized carbons (Fsp3) is 0.345. The van der Waals surface area contributed by atoms with Crippen molar-refractivity contribution in [3.05, 3.63) is 87.2 Å². The van der Waals surface area contributed by atoms with Crippen molar-refractivity contribution in [1.29, 1.82) is 0 Å². The molecule has 0 spiro atoms. The molecule has 0 amide bonds. The summed E-state index contributed by atoms with van der Waals surface area (Å²) < 4.78 is 16.1. The van der Waals surface area contributed by atoms with Gasteiger partial charge >= 0.3 is 11.9 Å². The number of Topliss-reactive ketones (excluding diaryl/α,β-unsaturated/α-hetero) is 1. The van der Waals surface area contributed by atoms with E-state index in [0.29, 0.717) is 45.3 Å². The molecule has 1 N–H and O–H groups in total. The van der Waals surface area contributed by atoms with E-state index in [4.69, 9.17) is 25.8 Å². The number of ether oxygens (including phenoxy) is 3. The molecule has 2 aromatic carbocycles. The lowest BCUT2D eigenvalue weighted by Gasteiger charge is -2.39. The minimum absolute atomic E-state index is 0.138. The van der Waals surface area contributed by atoms with Crippen LogP contribution in [0.15, 0.2) is 71.1 Å². The van der Waals surface area contributed by atoms with Gasteiger partial charge in [-0.15, -0.1) is 0 Å². The molecule has 1 heterocycles. The van der Waals surface area contributed by atoms with Gasteiger partial charge in [-0.05, 0) is 56.5 Å². The summed E-state index contributed by atoms with van der Waals surface area (Å²) in [6, 6.07) is 14.4. The molecule has 194 valence electrons. The third-order valence-corrected chi connectivity index (χ3v) is 7.14. The molecule has 8 heteroatoms. The average molecular weight is 524 g/mol. The molecule has 1 aliphatic carbocycles. The molecule has 7 nitrogen and oxygen atoms in total. The monoisotopic (exact) mass is 523 g/mol. The van der Waals surface area contributed by atoms with Crippen molar-refractivity contribution in [2.45, 2.75) is 39.0 Å². The van der Waals surface area contributed by atoms with Gasteiger partial charge in [-0.3, -0.25) is 9.59 Å². The fourth-order valence-corrected chi connectivity index (χ4v) is 5.47. The molecule has 0 aromatic heterocycles. The average Bonchev–Trinajstić information content (AvgIpc) is 2.88. The minimum Gasteiger partial charge on any atom is -0.497 e. The van der Waals surface area contributed by atoms with E-state index in [-0.39, 0.29) is 13.2 Å². The second kappa shape index (κ2) is 11.2. The molecule has 0 unspecified atom stereocenters. The summed E-state index contributed by atoms with van der Waals surface area (Å²) in [6.45, 7) is 5.52. The van der Waals surface area contributed by atoms with Gasteiger partial charge < -0.3 is 19.5 Å². The van der Waals surface area contributed by atoms with Gasteiger partial charge in [-0.25, -0.2) is 4.79 Å². The molecule has 37 heavy (non-hydrogen) atoms. The Morgan fingerprint density at radius 2 is 1.78 bits per heavy atom. The zero-order valence-corrected chi connectivity index (χ0v) is 22.1. The number of ketones is 1. The summed E-state index contributed by atoms with van der Waals surface area (Å²) in [6.07, 6.45) is 0.353. The SMILES string of the molecule is CCOC(=O)C1=C(C)NC2=C(C(=O)[C@@H](C(=O)OCC)[C@H](c3cccc(OC)c3)C2)[C@@H]1c1ccccc1Cl. The number of carbonyl (C=O) groups is 3. The lowest BCUT2D eigenvalue weighted by molar-refractivity contribution is -0.152. The van der Waals surface area contributed by atoms with Gasteiger partial charge in [0.1, 0.15) is 11.7 Å². The van der Waals surface area contributed by atoms with Gasteiger partial charge in [0.2, 0.25) is 0 Å². The molecule has 0 saturated heterocycles. The van der Waals surface area contributed by atoms with Crippen LogP contribution < -0.4 is 10.1 Å². The van der Waals surface area contributed by atoms with Crippen molar-refractivity contribution in [1.82, 2.24) is 5.32 Å². The third kappa shape index (κ3) is 5.01. The molecule has 2 aliphatic rings. The summed E-state index contributed by atoms with van der Waals surface area (Å²) in [4.78, 5) is 40.7. The van der Waals surface area contributed by atoms with Crippen LogP contribution in [-0.4, -0.2) is 38.0 Å². The highest BCUT2D eigenvalue weighted by molar-refractivity contribution is 6.31. The molecule has 0 saturated carbocycles. The predicted molar refractivity (Wildman–Crippen MR) is 139 cm³/mol. The number of benzene rings is 2. The first-order valence-electron chi connectivity index (χ1n) is 12.3. The number of hydrogen-bond donors (Lipinski definition) is 1. The summed E-state index contributed by atoms with van der Waals surface area (Å²) >= 11 is 6.60. The minimum atomic E-state index is -1.10. The molecule has 0 bridgehead atoms. The van der Waals surface area contributed by atoms with Crippen molar-refractivity contribution in [2.75, 3.05) is 20.3 Å². The van der Waals surface area contributed by atoms with Crippen LogP contribution in [-0.2, 0) is 23.9 Å². The first kappa shape index (κ1) is 26.5. The largest absolute Gasteiger partial charge is 0.497 e. The zero-order valence-electron chi connectivity index (χ0n) is 21.3. The van der Waals surface area contributed by atoms with Gasteiger partial charge in [0.15, 0.2) is 5.78 Å². The Kier molecular flexibility index (Phi) is 8.03. The predicted octanol–water partition coefficient (Wildman–Crippen LogP) is 5.06. The molecular weight excluding hydrogens is 494 g/mol. The molecule has 2 aromatic rings. The van der Waals surface area contributed by atoms with Crippen molar-refractivity contribution in [3.8, 4) is 5.75 Å². The Morgan fingerprint density at radius 1 is 1.05 bits per heavy atom. The van der Waals surface area contributed by atoms with E-state index in [1.807, 2.05) is 24.3 Å². The first-order chi connectivity index (χ1) is 17.8. The van der Waals surface area contributed by atoms with Crippen LogP contribution in [0.1, 0.15) is 50.2 Å². The lowest BCUT2D eigenvalue weighted by atomic mass is 9.67. The zero-order chi connectivity index (χ0) is 26.7. The molecular formula is C29H30ClNO6. The van der Waals surface area contributed by atoms with Gasteiger partial charge in [0.25, 0.3) is 0 Å². The Morgan fingerprint density at radius 3 is 2.46 bits per heavy atom. The Bertz CT molecular complexity index is 1300. The molecule has 0 radical (unpaired) electrons. The standard InChI is InChI=1S/C29H30ClNO6/c1-5-36-28(33)23-16(3)31-22-15-20(17-10-9-11-18(14-17)35-4)25(29(34)37-6-2)27(32)26(22)24(23)19-12-7-8-13-21(19)30/h7-14,20,24-25,31H,5-6,15H2,1-4H3/t20-,24+,25-/m0/s1. The van der Waals surface area contributed by atoms with Crippen LogP contribution in [0.4, 0.5) is 0 Å². The summed E-state index contributed by atoms with van der Waals surface area (Å²) in [7, 11) is 1.57. The second-order valence-electron chi connectivity index (χ2n) is 8.91. The number of dihydropyridines is 1. The number of methoxy groups -OCH3 is 1. The van der Waals surface area contributed by atoms with Crippen molar-refractivity contribution < 1.29 is 28.6 Å². The maximum atomic E-state index is 14.3. The van der Waals surface area contributed by atoms with Crippen molar-refractivity contribution in [2.24, 2.45) is 5.92 Å². The number of hydrogen-bond acceptors (Lipinski definition) is 7. The van der Waals surface area contributed by atoms with Crippen LogP contribution in [0.3, 0.4) is 0 Å². The highest BCUT2D eigenvalue weighted by Crippen LogP contribution is 2.49. The second-order valence-corrected chi connectivity index (χ2v) is 9.32. The lowest BCUT2D eigenvalue weighted by Crippen LogP contribution is -2.43. The van der Waals surface area contributed by atoms with Crippen LogP contribution >= 0.6 is 11.6 Å². The summed E-state index contributed by atoms with van der Waals surface area (Å²) in [5, 5.41) is 3.70. The van der Waals surface area contributed by atoms with Gasteiger partial charge in [-0.1, -0.05) is 41.9 Å². The van der Waals surface area contributed by atoms with Crippen molar-refractivity contribution in [3.63, 3.8) is 0 Å². The van der Waals surface area contributed by atoms with E-state index in [1.54, 1.807) is 52.1 Å².